The largest absolute Gasteiger partial charge is 0.416 e. The third-order valence-electron chi connectivity index (χ3n) is 6.54. The zero-order valence-corrected chi connectivity index (χ0v) is 21.6. The molecule has 1 aromatic carbocycles. The summed E-state index contributed by atoms with van der Waals surface area (Å²) in [5.41, 5.74) is 1.98. The lowest BCUT2D eigenvalue weighted by Gasteiger charge is -2.32. The molecule has 5 rings (SSSR count). The number of alkyl halides is 3. The van der Waals surface area contributed by atoms with E-state index in [1.807, 2.05) is 12.1 Å². The lowest BCUT2D eigenvalue weighted by atomic mass is 9.97. The monoisotopic (exact) mass is 554 g/mol. The summed E-state index contributed by atoms with van der Waals surface area (Å²) in [7, 11) is 0. The molecule has 2 aromatic heterocycles. The molecule has 0 radical (unpaired) electrons. The van der Waals surface area contributed by atoms with Gasteiger partial charge in [-0.05, 0) is 73.5 Å². The highest BCUT2D eigenvalue weighted by Gasteiger charge is 2.30. The maximum atomic E-state index is 12.8. The predicted molar refractivity (Wildman–Crippen MR) is 142 cm³/mol. The Morgan fingerprint density at radius 1 is 1.05 bits per heavy atom. The normalized spacial score (nSPS) is 17.6. The summed E-state index contributed by atoms with van der Waals surface area (Å²) in [6.07, 6.45) is 0.779. The Morgan fingerprint density at radius 2 is 1.82 bits per heavy atom. The van der Waals surface area contributed by atoms with Crippen molar-refractivity contribution in [1.29, 1.82) is 0 Å². The molecule has 0 unspecified atom stereocenters. The number of thioether (sulfide) groups is 1. The first-order valence-electron chi connectivity index (χ1n) is 12.4. The van der Waals surface area contributed by atoms with E-state index in [9.17, 15) is 22.8 Å². The number of amides is 2. The molecule has 8 nitrogen and oxygen atoms in total. The number of hydrogen-bond acceptors (Lipinski definition) is 8. The molecule has 202 valence electrons. The maximum absolute atomic E-state index is 12.8. The molecule has 2 N–H and O–H groups in total. The van der Waals surface area contributed by atoms with Gasteiger partial charge in [-0.25, -0.2) is 9.97 Å². The molecule has 2 saturated heterocycles. The number of benzene rings is 1. The molecule has 2 amide bonds. The van der Waals surface area contributed by atoms with Crippen molar-refractivity contribution in [2.75, 3.05) is 24.5 Å². The van der Waals surface area contributed by atoms with Crippen LogP contribution in [0.2, 0.25) is 0 Å². The molecule has 12 heteroatoms. The Morgan fingerprint density at radius 3 is 2.51 bits per heavy atom. The number of anilines is 1. The van der Waals surface area contributed by atoms with E-state index in [0.717, 1.165) is 62.1 Å². The van der Waals surface area contributed by atoms with Crippen LogP contribution in [0.1, 0.15) is 29.8 Å². The van der Waals surface area contributed by atoms with Crippen LogP contribution in [-0.2, 0) is 17.5 Å². The number of piperidine rings is 1. The molecule has 0 aliphatic carbocycles. The number of hydrogen-bond donors (Lipinski definition) is 2. The standard InChI is InChI=1S/C27H25F3N6O2S/c28-27(29,30)19-6-4-18(5-7-19)22-3-1-2-21(33-22)16-31-15-17-9-12-36(13-10-17)25-32-11-8-20(34-25)14-23-24(37)35-26(38)39-23/h1-8,11,14,17,31H,9-10,12-13,15-16H2,(H,35,37,38). The zero-order valence-electron chi connectivity index (χ0n) is 20.7. The van der Waals surface area contributed by atoms with Gasteiger partial charge in [-0.1, -0.05) is 18.2 Å². The molecule has 0 spiro atoms. The van der Waals surface area contributed by atoms with Crippen molar-refractivity contribution in [2.24, 2.45) is 5.92 Å². The average Bonchev–Trinajstić information content (AvgIpc) is 3.25. The molecule has 0 bridgehead atoms. The maximum Gasteiger partial charge on any atom is 0.416 e. The van der Waals surface area contributed by atoms with Crippen LogP contribution in [0.15, 0.2) is 59.6 Å². The minimum atomic E-state index is -4.36. The first-order chi connectivity index (χ1) is 18.7. The summed E-state index contributed by atoms with van der Waals surface area (Å²) in [6, 6.07) is 12.3. The van der Waals surface area contributed by atoms with Gasteiger partial charge in [0.1, 0.15) is 0 Å². The summed E-state index contributed by atoms with van der Waals surface area (Å²) in [5.74, 6) is 0.643. The fourth-order valence-electron chi connectivity index (χ4n) is 4.46. The minimum absolute atomic E-state index is 0.314. The summed E-state index contributed by atoms with van der Waals surface area (Å²) in [5, 5.41) is 5.30. The number of halogens is 3. The molecule has 0 saturated carbocycles. The Labute approximate surface area is 227 Å². The summed E-state index contributed by atoms with van der Waals surface area (Å²) in [6.45, 7) is 2.96. The van der Waals surface area contributed by atoms with Gasteiger partial charge in [0.15, 0.2) is 0 Å². The molecular formula is C27H25F3N6O2S. The topological polar surface area (TPSA) is 100 Å². The van der Waals surface area contributed by atoms with E-state index in [0.29, 0.717) is 40.3 Å². The summed E-state index contributed by atoms with van der Waals surface area (Å²) < 4.78 is 38.5. The predicted octanol–water partition coefficient (Wildman–Crippen LogP) is 4.89. The van der Waals surface area contributed by atoms with E-state index in [-0.39, 0.29) is 5.24 Å². The molecule has 4 heterocycles. The van der Waals surface area contributed by atoms with Crippen LogP contribution in [0.25, 0.3) is 17.3 Å². The Bertz CT molecular complexity index is 1390. The molecule has 2 aliphatic rings. The molecule has 39 heavy (non-hydrogen) atoms. The van der Waals surface area contributed by atoms with Crippen LogP contribution in [0.3, 0.4) is 0 Å². The highest BCUT2D eigenvalue weighted by Crippen LogP contribution is 2.31. The second-order valence-electron chi connectivity index (χ2n) is 9.28. The third kappa shape index (κ3) is 6.82. The van der Waals surface area contributed by atoms with Crippen molar-refractivity contribution >= 4 is 34.9 Å². The van der Waals surface area contributed by atoms with Crippen molar-refractivity contribution in [2.45, 2.75) is 25.6 Å². The highest BCUT2D eigenvalue weighted by molar-refractivity contribution is 8.18. The van der Waals surface area contributed by atoms with Gasteiger partial charge in [0.05, 0.1) is 27.6 Å². The van der Waals surface area contributed by atoms with E-state index in [2.05, 4.69) is 30.5 Å². The summed E-state index contributed by atoms with van der Waals surface area (Å²) in [4.78, 5) is 39.1. The second kappa shape index (κ2) is 11.5. The molecule has 2 fully saturated rings. The zero-order chi connectivity index (χ0) is 27.4. The average molecular weight is 555 g/mol. The van der Waals surface area contributed by atoms with Crippen molar-refractivity contribution in [3.8, 4) is 11.3 Å². The Balaban J connectivity index is 1.11. The minimum Gasteiger partial charge on any atom is -0.341 e. The number of rotatable bonds is 7. The van der Waals surface area contributed by atoms with Crippen LogP contribution < -0.4 is 15.5 Å². The van der Waals surface area contributed by atoms with Crippen LogP contribution in [0.4, 0.5) is 23.9 Å². The van der Waals surface area contributed by atoms with Gasteiger partial charge in [0, 0.05) is 31.4 Å². The van der Waals surface area contributed by atoms with E-state index in [4.69, 9.17) is 0 Å². The van der Waals surface area contributed by atoms with Gasteiger partial charge in [-0.15, -0.1) is 0 Å². The van der Waals surface area contributed by atoms with Gasteiger partial charge in [-0.3, -0.25) is 19.9 Å². The lowest BCUT2D eigenvalue weighted by Crippen LogP contribution is -2.38. The van der Waals surface area contributed by atoms with Crippen molar-refractivity contribution in [3.63, 3.8) is 0 Å². The number of aromatic nitrogens is 3. The molecule has 3 aromatic rings. The SMILES string of the molecule is O=C1NC(=O)C(=Cc2ccnc(N3CCC(CNCc4cccc(-c5ccc(C(F)(F)F)cc5)n4)CC3)n2)S1. The second-order valence-corrected chi connectivity index (χ2v) is 10.3. The van der Waals surface area contributed by atoms with E-state index in [1.54, 1.807) is 24.4 Å². The molecule has 2 aliphatic heterocycles. The van der Waals surface area contributed by atoms with Gasteiger partial charge in [0.2, 0.25) is 5.95 Å². The third-order valence-corrected chi connectivity index (χ3v) is 7.35. The number of imide groups is 1. The van der Waals surface area contributed by atoms with Gasteiger partial charge >= 0.3 is 6.18 Å². The first kappa shape index (κ1) is 26.8. The highest BCUT2D eigenvalue weighted by atomic mass is 32.2. The number of pyridine rings is 1. The fourth-order valence-corrected chi connectivity index (χ4v) is 5.13. The van der Waals surface area contributed by atoms with E-state index >= 15 is 0 Å². The van der Waals surface area contributed by atoms with Crippen LogP contribution in [0.5, 0.6) is 0 Å². The lowest BCUT2D eigenvalue weighted by molar-refractivity contribution is -0.137. The number of carbonyl (C=O) groups is 2. The molecular weight excluding hydrogens is 529 g/mol. The van der Waals surface area contributed by atoms with Gasteiger partial charge < -0.3 is 10.2 Å². The van der Waals surface area contributed by atoms with Crippen LogP contribution >= 0.6 is 11.8 Å². The van der Waals surface area contributed by atoms with E-state index in [1.165, 1.54) is 12.1 Å². The van der Waals surface area contributed by atoms with Crippen molar-refractivity contribution < 1.29 is 22.8 Å². The van der Waals surface area contributed by atoms with Crippen LogP contribution in [0, 0.1) is 5.92 Å². The van der Waals surface area contributed by atoms with Crippen LogP contribution in [-0.4, -0.2) is 45.7 Å². The fraction of sp³-hybridized carbons (Fsp3) is 0.296. The number of nitrogens with one attached hydrogen (secondary N) is 2. The molecule has 0 atom stereocenters. The van der Waals surface area contributed by atoms with E-state index < -0.39 is 17.6 Å². The number of nitrogens with zero attached hydrogens (tertiary/aromatic N) is 4. The quantitative estimate of drug-likeness (QED) is 0.399. The Hall–Kier alpha value is -3.77. The van der Waals surface area contributed by atoms with Crippen molar-refractivity contribution in [1.82, 2.24) is 25.6 Å². The van der Waals surface area contributed by atoms with Gasteiger partial charge in [-0.2, -0.15) is 13.2 Å². The number of carbonyl (C=O) groups excluding carboxylic acids is 2. The smallest absolute Gasteiger partial charge is 0.341 e. The summed E-state index contributed by atoms with van der Waals surface area (Å²) >= 11 is 0.856. The van der Waals surface area contributed by atoms with Gasteiger partial charge in [0.25, 0.3) is 11.1 Å². The van der Waals surface area contributed by atoms with Crippen molar-refractivity contribution in [3.05, 3.63) is 76.6 Å². The first-order valence-corrected chi connectivity index (χ1v) is 13.2. The Kier molecular flexibility index (Phi) is 7.94.